The van der Waals surface area contributed by atoms with E-state index in [0.29, 0.717) is 13.0 Å². The van der Waals surface area contributed by atoms with Gasteiger partial charge in [0.05, 0.1) is 17.8 Å². The van der Waals surface area contributed by atoms with Crippen LogP contribution in [0.1, 0.15) is 22.6 Å². The third kappa shape index (κ3) is 5.66. The molecule has 0 aliphatic carbocycles. The highest BCUT2D eigenvalue weighted by Gasteiger charge is 2.06. The molecule has 0 aliphatic heterocycles. The fourth-order valence-corrected chi connectivity index (χ4v) is 3.54. The first-order valence-electron chi connectivity index (χ1n) is 9.05. The summed E-state index contributed by atoms with van der Waals surface area (Å²) in [7, 11) is 1.66. The number of nitrogens with one attached hydrogen (secondary N) is 1. The highest BCUT2D eigenvalue weighted by atomic mass is 32.1. The van der Waals surface area contributed by atoms with Crippen molar-refractivity contribution < 1.29 is 9.53 Å². The van der Waals surface area contributed by atoms with Crippen molar-refractivity contribution in [2.24, 2.45) is 0 Å². The smallest absolute Gasteiger partial charge is 0.220 e. The Morgan fingerprint density at radius 3 is 2.52 bits per heavy atom. The molecular weight excluding hydrogens is 356 g/mol. The Bertz CT molecular complexity index is 870. The van der Waals surface area contributed by atoms with Crippen LogP contribution in [-0.4, -0.2) is 24.5 Å². The van der Waals surface area contributed by atoms with Gasteiger partial charge in [-0.1, -0.05) is 29.8 Å². The molecule has 0 spiro atoms. The lowest BCUT2D eigenvalue weighted by Crippen LogP contribution is -2.25. The lowest BCUT2D eigenvalue weighted by molar-refractivity contribution is -0.121. The Labute approximate surface area is 164 Å². The molecule has 1 amide bonds. The fraction of sp³-hybridized carbons (Fsp3) is 0.273. The second-order valence-electron chi connectivity index (χ2n) is 6.44. The Morgan fingerprint density at radius 1 is 1.07 bits per heavy atom. The summed E-state index contributed by atoms with van der Waals surface area (Å²) in [5.41, 5.74) is 4.46. The van der Waals surface area contributed by atoms with Crippen molar-refractivity contribution in [3.8, 4) is 17.0 Å². The van der Waals surface area contributed by atoms with Gasteiger partial charge in [0.1, 0.15) is 5.75 Å². The molecule has 0 unspecified atom stereocenters. The van der Waals surface area contributed by atoms with Crippen molar-refractivity contribution in [2.45, 2.75) is 26.2 Å². The fourth-order valence-electron chi connectivity index (χ4n) is 2.73. The van der Waals surface area contributed by atoms with Crippen LogP contribution in [0.4, 0.5) is 0 Å². The number of ether oxygens (including phenoxy) is 1. The maximum absolute atomic E-state index is 12.0. The largest absolute Gasteiger partial charge is 0.497 e. The van der Waals surface area contributed by atoms with Crippen LogP contribution in [0.2, 0.25) is 0 Å². The van der Waals surface area contributed by atoms with Gasteiger partial charge in [0.15, 0.2) is 0 Å². The number of rotatable bonds is 8. The number of hydrogen-bond acceptors (Lipinski definition) is 4. The molecule has 2 aromatic carbocycles. The molecule has 3 rings (SSSR count). The second kappa shape index (κ2) is 9.33. The second-order valence-corrected chi connectivity index (χ2v) is 7.38. The number of nitrogens with zero attached hydrogens (tertiary/aromatic N) is 1. The van der Waals surface area contributed by atoms with E-state index in [-0.39, 0.29) is 5.91 Å². The van der Waals surface area contributed by atoms with Crippen molar-refractivity contribution in [2.75, 3.05) is 13.7 Å². The van der Waals surface area contributed by atoms with Crippen molar-refractivity contribution in [3.05, 3.63) is 70.0 Å². The maximum Gasteiger partial charge on any atom is 0.220 e. The van der Waals surface area contributed by atoms with Gasteiger partial charge in [-0.15, -0.1) is 11.3 Å². The number of thiazole rings is 1. The number of methoxy groups -OCH3 is 1. The molecule has 140 valence electrons. The van der Waals surface area contributed by atoms with Gasteiger partial charge in [0, 0.05) is 30.3 Å². The summed E-state index contributed by atoms with van der Waals surface area (Å²) in [5, 5.41) is 6.07. The van der Waals surface area contributed by atoms with Crippen molar-refractivity contribution in [1.29, 1.82) is 0 Å². The predicted octanol–water partition coefficient (Wildman–Crippen LogP) is 4.42. The molecule has 0 saturated carbocycles. The lowest BCUT2D eigenvalue weighted by atomic mass is 10.1. The van der Waals surface area contributed by atoms with E-state index in [1.54, 1.807) is 18.4 Å². The molecule has 0 radical (unpaired) electrons. The molecule has 0 aliphatic rings. The van der Waals surface area contributed by atoms with Crippen LogP contribution in [-0.2, 0) is 17.6 Å². The first kappa shape index (κ1) is 19.1. The standard InChI is InChI=1S/C22H24N2O2S/c1-16-3-5-17(6-4-16)7-12-21(25)23-14-13-22-24-20(15-27-22)18-8-10-19(26-2)11-9-18/h3-6,8-11,15H,7,12-14H2,1-2H3,(H,23,25). The summed E-state index contributed by atoms with van der Waals surface area (Å²) in [6, 6.07) is 16.2. The molecule has 1 N–H and O–H groups in total. The SMILES string of the molecule is COc1ccc(-c2csc(CCNC(=O)CCc3ccc(C)cc3)n2)cc1. The minimum absolute atomic E-state index is 0.0857. The van der Waals surface area contributed by atoms with E-state index >= 15 is 0 Å². The average molecular weight is 381 g/mol. The Hall–Kier alpha value is -2.66. The summed E-state index contributed by atoms with van der Waals surface area (Å²) >= 11 is 1.62. The molecular formula is C22H24N2O2S. The zero-order chi connectivity index (χ0) is 19.1. The van der Waals surface area contributed by atoms with E-state index in [9.17, 15) is 4.79 Å². The van der Waals surface area contributed by atoms with Gasteiger partial charge >= 0.3 is 0 Å². The quantitative estimate of drug-likeness (QED) is 0.629. The zero-order valence-electron chi connectivity index (χ0n) is 15.7. The topological polar surface area (TPSA) is 51.2 Å². The summed E-state index contributed by atoms with van der Waals surface area (Å²) in [5.74, 6) is 0.921. The van der Waals surface area contributed by atoms with E-state index in [2.05, 4.69) is 46.9 Å². The normalized spacial score (nSPS) is 10.6. The van der Waals surface area contributed by atoms with Crippen LogP contribution in [0, 0.1) is 6.92 Å². The number of carbonyl (C=O) groups is 1. The Balaban J connectivity index is 1.43. The highest BCUT2D eigenvalue weighted by molar-refractivity contribution is 7.09. The van der Waals surface area contributed by atoms with Crippen LogP contribution in [0.25, 0.3) is 11.3 Å². The minimum Gasteiger partial charge on any atom is -0.497 e. The van der Waals surface area contributed by atoms with Gasteiger partial charge in [-0.3, -0.25) is 4.79 Å². The monoisotopic (exact) mass is 380 g/mol. The van der Waals surface area contributed by atoms with Gasteiger partial charge in [-0.25, -0.2) is 4.98 Å². The molecule has 1 heterocycles. The van der Waals surface area contributed by atoms with E-state index < -0.39 is 0 Å². The van der Waals surface area contributed by atoms with Crippen molar-refractivity contribution in [3.63, 3.8) is 0 Å². The molecule has 0 saturated heterocycles. The maximum atomic E-state index is 12.0. The molecule has 1 aromatic heterocycles. The Kier molecular flexibility index (Phi) is 6.60. The lowest BCUT2D eigenvalue weighted by Gasteiger charge is -2.05. The number of aryl methyl sites for hydroxylation is 2. The summed E-state index contributed by atoms with van der Waals surface area (Å²) in [4.78, 5) is 16.7. The Morgan fingerprint density at radius 2 is 1.81 bits per heavy atom. The molecule has 4 nitrogen and oxygen atoms in total. The number of aromatic nitrogens is 1. The third-order valence-electron chi connectivity index (χ3n) is 4.36. The minimum atomic E-state index is 0.0857. The molecule has 0 atom stereocenters. The highest BCUT2D eigenvalue weighted by Crippen LogP contribution is 2.24. The van der Waals surface area contributed by atoms with Crippen molar-refractivity contribution in [1.82, 2.24) is 10.3 Å². The van der Waals surface area contributed by atoms with Gasteiger partial charge in [0.2, 0.25) is 5.91 Å². The van der Waals surface area contributed by atoms with E-state index in [4.69, 9.17) is 4.74 Å². The average Bonchev–Trinajstić information content (AvgIpc) is 3.16. The number of carbonyl (C=O) groups excluding carboxylic acids is 1. The van der Waals surface area contributed by atoms with Crippen LogP contribution in [0.15, 0.2) is 53.9 Å². The molecule has 3 aromatic rings. The van der Waals surface area contributed by atoms with Gasteiger partial charge in [-0.05, 0) is 43.2 Å². The third-order valence-corrected chi connectivity index (χ3v) is 5.27. The van der Waals surface area contributed by atoms with Gasteiger partial charge < -0.3 is 10.1 Å². The predicted molar refractivity (Wildman–Crippen MR) is 110 cm³/mol. The van der Waals surface area contributed by atoms with E-state index in [1.807, 2.05) is 24.3 Å². The van der Waals surface area contributed by atoms with Crippen LogP contribution in [0.3, 0.4) is 0 Å². The molecule has 0 fully saturated rings. The van der Waals surface area contributed by atoms with E-state index in [1.165, 1.54) is 11.1 Å². The summed E-state index contributed by atoms with van der Waals surface area (Å²) < 4.78 is 5.18. The summed E-state index contributed by atoms with van der Waals surface area (Å²) in [6.45, 7) is 2.68. The number of amides is 1. The van der Waals surface area contributed by atoms with Crippen LogP contribution >= 0.6 is 11.3 Å². The molecule has 0 bridgehead atoms. The van der Waals surface area contributed by atoms with Crippen molar-refractivity contribution >= 4 is 17.2 Å². The van der Waals surface area contributed by atoms with Gasteiger partial charge in [-0.2, -0.15) is 0 Å². The molecule has 27 heavy (non-hydrogen) atoms. The first-order valence-corrected chi connectivity index (χ1v) is 9.93. The molecule has 5 heteroatoms. The zero-order valence-corrected chi connectivity index (χ0v) is 16.5. The number of benzene rings is 2. The van der Waals surface area contributed by atoms with Crippen LogP contribution in [0.5, 0.6) is 5.75 Å². The van der Waals surface area contributed by atoms with Gasteiger partial charge in [0.25, 0.3) is 0 Å². The van der Waals surface area contributed by atoms with E-state index in [0.717, 1.165) is 34.9 Å². The first-order chi connectivity index (χ1) is 13.1. The number of hydrogen-bond donors (Lipinski definition) is 1. The summed E-state index contributed by atoms with van der Waals surface area (Å²) in [6.07, 6.45) is 2.03. The van der Waals surface area contributed by atoms with Crippen LogP contribution < -0.4 is 10.1 Å².